The maximum absolute atomic E-state index is 5.76. The molecule has 0 amide bonds. The predicted molar refractivity (Wildman–Crippen MR) is 47.9 cm³/mol. The van der Waals surface area contributed by atoms with Crippen LogP contribution in [0, 0.1) is 5.92 Å². The monoisotopic (exact) mass is 166 g/mol. The van der Waals surface area contributed by atoms with Crippen LogP contribution < -0.4 is 0 Å². The summed E-state index contributed by atoms with van der Waals surface area (Å²) in [4.78, 5) is 0. The molecule has 0 spiro atoms. The molecule has 1 aromatic rings. The van der Waals surface area contributed by atoms with Gasteiger partial charge in [0.2, 0.25) is 0 Å². The van der Waals surface area contributed by atoms with E-state index in [9.17, 15) is 0 Å². The highest BCUT2D eigenvalue weighted by Crippen LogP contribution is 2.32. The Hall–Kier alpha value is -0.490. The van der Waals surface area contributed by atoms with Crippen LogP contribution >= 0.6 is 11.6 Å². The van der Waals surface area contributed by atoms with Gasteiger partial charge < -0.3 is 0 Å². The van der Waals surface area contributed by atoms with Crippen LogP contribution in [-0.2, 0) is 6.42 Å². The van der Waals surface area contributed by atoms with Crippen LogP contribution in [0.3, 0.4) is 0 Å². The summed E-state index contributed by atoms with van der Waals surface area (Å²) < 4.78 is 0. The third-order valence-electron chi connectivity index (χ3n) is 2.13. The van der Waals surface area contributed by atoms with Gasteiger partial charge in [-0.2, -0.15) is 0 Å². The quantitative estimate of drug-likeness (QED) is 0.633. The molecule has 0 nitrogen and oxygen atoms in total. The Morgan fingerprint density at radius 2 is 1.82 bits per heavy atom. The zero-order valence-corrected chi connectivity index (χ0v) is 7.14. The first-order valence-electron chi connectivity index (χ1n) is 4.09. The van der Waals surface area contributed by atoms with Crippen molar-refractivity contribution in [3.63, 3.8) is 0 Å². The molecule has 0 aliphatic heterocycles. The minimum absolute atomic E-state index is 0.838. The maximum atomic E-state index is 5.76. The molecule has 0 heterocycles. The molecule has 0 saturated heterocycles. The number of hydrogen-bond donors (Lipinski definition) is 0. The summed E-state index contributed by atoms with van der Waals surface area (Å²) in [5.74, 6) is 0.969. The third-order valence-corrected chi connectivity index (χ3v) is 2.39. The second kappa shape index (κ2) is 2.86. The highest BCUT2D eigenvalue weighted by Gasteiger charge is 2.20. The Morgan fingerprint density at radius 1 is 1.18 bits per heavy atom. The number of hydrogen-bond acceptors (Lipinski definition) is 0. The van der Waals surface area contributed by atoms with E-state index in [0.29, 0.717) is 0 Å². The Kier molecular flexibility index (Phi) is 1.87. The molecule has 0 radical (unpaired) electrons. The lowest BCUT2D eigenvalue weighted by molar-refractivity contribution is 0.832. The molecule has 1 aliphatic carbocycles. The van der Waals surface area contributed by atoms with Gasteiger partial charge in [0.15, 0.2) is 0 Å². The normalized spacial score (nSPS) is 16.8. The van der Waals surface area contributed by atoms with Crippen molar-refractivity contribution >= 4 is 11.6 Å². The van der Waals surface area contributed by atoms with E-state index in [1.807, 2.05) is 12.1 Å². The number of halogens is 1. The van der Waals surface area contributed by atoms with Gasteiger partial charge in [-0.05, 0) is 42.9 Å². The van der Waals surface area contributed by atoms with Crippen LogP contribution in [0.4, 0.5) is 0 Å². The largest absolute Gasteiger partial charge is 0.0843 e. The van der Waals surface area contributed by atoms with E-state index in [1.165, 1.54) is 24.8 Å². The Bertz CT molecular complexity index is 234. The van der Waals surface area contributed by atoms with Gasteiger partial charge in [0, 0.05) is 5.02 Å². The molecule has 1 fully saturated rings. The van der Waals surface area contributed by atoms with Gasteiger partial charge in [-0.25, -0.2) is 0 Å². The lowest BCUT2D eigenvalue weighted by Crippen LogP contribution is -1.84. The topological polar surface area (TPSA) is 0 Å². The fourth-order valence-electron chi connectivity index (χ4n) is 1.28. The number of rotatable bonds is 2. The van der Waals surface area contributed by atoms with Crippen molar-refractivity contribution < 1.29 is 0 Å². The Morgan fingerprint density at radius 3 is 2.36 bits per heavy atom. The summed E-state index contributed by atoms with van der Waals surface area (Å²) in [5.41, 5.74) is 1.43. The van der Waals surface area contributed by atoms with Crippen LogP contribution in [0.2, 0.25) is 5.02 Å². The molecule has 1 heteroatoms. The van der Waals surface area contributed by atoms with E-state index in [4.69, 9.17) is 11.6 Å². The van der Waals surface area contributed by atoms with Crippen molar-refractivity contribution in [3.8, 4) is 0 Å². The van der Waals surface area contributed by atoms with E-state index < -0.39 is 0 Å². The van der Waals surface area contributed by atoms with Gasteiger partial charge in [0.05, 0.1) is 0 Å². The van der Waals surface area contributed by atoms with Crippen LogP contribution in [-0.4, -0.2) is 0 Å². The molecule has 0 aromatic heterocycles. The van der Waals surface area contributed by atoms with Crippen molar-refractivity contribution in [1.82, 2.24) is 0 Å². The maximum Gasteiger partial charge on any atom is 0.0406 e. The SMILES string of the molecule is Clc1ccc(CC2CC2)cc1. The number of benzene rings is 1. The molecule has 58 valence electrons. The molecule has 1 saturated carbocycles. The van der Waals surface area contributed by atoms with E-state index in [0.717, 1.165) is 10.9 Å². The molecule has 0 N–H and O–H groups in total. The van der Waals surface area contributed by atoms with Gasteiger partial charge in [0.25, 0.3) is 0 Å². The van der Waals surface area contributed by atoms with Gasteiger partial charge in [-0.1, -0.05) is 23.7 Å². The smallest absolute Gasteiger partial charge is 0.0406 e. The van der Waals surface area contributed by atoms with E-state index >= 15 is 0 Å². The molecule has 1 aromatic carbocycles. The molecular weight excluding hydrogens is 156 g/mol. The average Bonchev–Trinajstić information content (AvgIpc) is 2.78. The standard InChI is InChI=1S/C10H11Cl/c11-10-5-3-9(4-6-10)7-8-1-2-8/h3-6,8H,1-2,7H2. The first-order chi connectivity index (χ1) is 5.34. The average molecular weight is 167 g/mol. The van der Waals surface area contributed by atoms with Crippen molar-refractivity contribution in [2.75, 3.05) is 0 Å². The second-order valence-corrected chi connectivity index (χ2v) is 3.71. The lowest BCUT2D eigenvalue weighted by atomic mass is 10.1. The van der Waals surface area contributed by atoms with E-state index in [-0.39, 0.29) is 0 Å². The molecule has 11 heavy (non-hydrogen) atoms. The molecule has 0 unspecified atom stereocenters. The summed E-state index contributed by atoms with van der Waals surface area (Å²) in [7, 11) is 0. The summed E-state index contributed by atoms with van der Waals surface area (Å²) in [6.45, 7) is 0. The van der Waals surface area contributed by atoms with Crippen LogP contribution in [0.1, 0.15) is 18.4 Å². The summed E-state index contributed by atoms with van der Waals surface area (Å²) in [5, 5.41) is 0.838. The third kappa shape index (κ3) is 1.97. The fourth-order valence-corrected chi connectivity index (χ4v) is 1.40. The van der Waals surface area contributed by atoms with Crippen LogP contribution in [0.5, 0.6) is 0 Å². The minimum atomic E-state index is 0.838. The molecule has 2 rings (SSSR count). The van der Waals surface area contributed by atoms with Crippen LogP contribution in [0.25, 0.3) is 0 Å². The van der Waals surface area contributed by atoms with Gasteiger partial charge in [-0.15, -0.1) is 0 Å². The predicted octanol–water partition coefficient (Wildman–Crippen LogP) is 3.29. The van der Waals surface area contributed by atoms with E-state index in [1.54, 1.807) is 0 Å². The van der Waals surface area contributed by atoms with Gasteiger partial charge in [-0.3, -0.25) is 0 Å². The lowest BCUT2D eigenvalue weighted by Gasteiger charge is -1.97. The van der Waals surface area contributed by atoms with E-state index in [2.05, 4.69) is 12.1 Å². The van der Waals surface area contributed by atoms with Crippen molar-refractivity contribution in [1.29, 1.82) is 0 Å². The first-order valence-corrected chi connectivity index (χ1v) is 4.47. The molecular formula is C10H11Cl. The Balaban J connectivity index is 2.06. The summed E-state index contributed by atoms with van der Waals surface area (Å²) >= 11 is 5.76. The Labute approximate surface area is 72.2 Å². The van der Waals surface area contributed by atoms with Gasteiger partial charge in [0.1, 0.15) is 0 Å². The minimum Gasteiger partial charge on any atom is -0.0843 e. The van der Waals surface area contributed by atoms with Gasteiger partial charge >= 0.3 is 0 Å². The zero-order chi connectivity index (χ0) is 7.68. The highest BCUT2D eigenvalue weighted by molar-refractivity contribution is 6.30. The fraction of sp³-hybridized carbons (Fsp3) is 0.400. The molecule has 0 atom stereocenters. The molecule has 1 aliphatic rings. The second-order valence-electron chi connectivity index (χ2n) is 3.27. The summed E-state index contributed by atoms with van der Waals surface area (Å²) in [6, 6.07) is 8.19. The zero-order valence-electron chi connectivity index (χ0n) is 6.39. The first kappa shape index (κ1) is 7.17. The highest BCUT2D eigenvalue weighted by atomic mass is 35.5. The van der Waals surface area contributed by atoms with Crippen molar-refractivity contribution in [2.45, 2.75) is 19.3 Å². The van der Waals surface area contributed by atoms with Crippen molar-refractivity contribution in [2.24, 2.45) is 5.92 Å². The summed E-state index contributed by atoms with van der Waals surface area (Å²) in [6.07, 6.45) is 4.09. The van der Waals surface area contributed by atoms with Crippen molar-refractivity contribution in [3.05, 3.63) is 34.9 Å². The van der Waals surface area contributed by atoms with Crippen LogP contribution in [0.15, 0.2) is 24.3 Å². The molecule has 0 bridgehead atoms.